The Morgan fingerprint density at radius 2 is 2.00 bits per heavy atom. The summed E-state index contributed by atoms with van der Waals surface area (Å²) in [4.78, 5) is 0. The lowest BCUT2D eigenvalue weighted by molar-refractivity contribution is 0.696. The molecule has 0 N–H and O–H groups in total. The van der Waals surface area contributed by atoms with Gasteiger partial charge in [0.15, 0.2) is 0 Å². The Kier molecular flexibility index (Phi) is 4.67. The van der Waals surface area contributed by atoms with Crippen molar-refractivity contribution in [1.29, 1.82) is 0 Å². The van der Waals surface area contributed by atoms with Crippen LogP contribution in [0.5, 0.6) is 0 Å². The van der Waals surface area contributed by atoms with Crippen molar-refractivity contribution >= 4 is 14.7 Å². The molecular weight excluding hydrogens is 184 g/mol. The molecule has 0 saturated heterocycles. The third-order valence-electron chi connectivity index (χ3n) is 2.29. The quantitative estimate of drug-likeness (QED) is 0.659. The molecule has 1 aromatic carbocycles. The van der Waals surface area contributed by atoms with Gasteiger partial charge in [0, 0.05) is 0 Å². The standard InChI is InChI=1S/C13H18Si/c1-4-11(2)10-12(3)14-13-8-6-5-7-9-13/h5-11H,4H2,1-3H3/b12-10-. The minimum Gasteiger partial charge on any atom is -0.0867 e. The Bertz CT molecular complexity index is 287. The van der Waals surface area contributed by atoms with Crippen LogP contribution in [0.25, 0.3) is 0 Å². The molecule has 0 saturated carbocycles. The lowest BCUT2D eigenvalue weighted by Gasteiger charge is -2.04. The second kappa shape index (κ2) is 5.81. The van der Waals surface area contributed by atoms with Gasteiger partial charge >= 0.3 is 0 Å². The van der Waals surface area contributed by atoms with Crippen LogP contribution >= 0.6 is 0 Å². The summed E-state index contributed by atoms with van der Waals surface area (Å²) in [6.45, 7) is 6.75. The van der Waals surface area contributed by atoms with Gasteiger partial charge in [-0.1, -0.05) is 67.1 Å². The van der Waals surface area contributed by atoms with Crippen molar-refractivity contribution in [3.05, 3.63) is 41.6 Å². The Morgan fingerprint density at radius 3 is 2.57 bits per heavy atom. The minimum atomic E-state index is 0.714. The maximum absolute atomic E-state index is 2.39. The molecule has 0 aliphatic rings. The number of hydrogen-bond acceptors (Lipinski definition) is 0. The fraction of sp³-hybridized carbons (Fsp3) is 0.385. The van der Waals surface area contributed by atoms with Gasteiger partial charge in [-0.25, -0.2) is 0 Å². The highest BCUT2D eigenvalue weighted by atomic mass is 28.2. The van der Waals surface area contributed by atoms with E-state index in [-0.39, 0.29) is 0 Å². The van der Waals surface area contributed by atoms with Crippen LogP contribution in [0.1, 0.15) is 27.2 Å². The maximum Gasteiger partial charge on any atom is 0.115 e. The van der Waals surface area contributed by atoms with E-state index in [1.54, 1.807) is 0 Å². The summed E-state index contributed by atoms with van der Waals surface area (Å²) in [6, 6.07) is 10.7. The van der Waals surface area contributed by atoms with Crippen LogP contribution in [0.3, 0.4) is 0 Å². The Balaban J connectivity index is 2.57. The molecule has 1 unspecified atom stereocenters. The SMILES string of the molecule is CCC(C)/C=C(/C)[Si]c1ccccc1. The first-order chi connectivity index (χ1) is 6.72. The van der Waals surface area contributed by atoms with Gasteiger partial charge in [0.2, 0.25) is 0 Å². The summed E-state index contributed by atoms with van der Waals surface area (Å²) in [5.74, 6) is 0.714. The van der Waals surface area contributed by atoms with Gasteiger partial charge in [0.05, 0.1) is 0 Å². The first-order valence-electron chi connectivity index (χ1n) is 5.23. The van der Waals surface area contributed by atoms with Crippen LogP contribution in [-0.4, -0.2) is 9.52 Å². The van der Waals surface area contributed by atoms with E-state index in [0.29, 0.717) is 5.92 Å². The summed E-state index contributed by atoms with van der Waals surface area (Å²) in [5, 5.41) is 2.94. The minimum absolute atomic E-state index is 0.714. The summed E-state index contributed by atoms with van der Waals surface area (Å²) in [7, 11) is 0.835. The van der Waals surface area contributed by atoms with Crippen LogP contribution < -0.4 is 5.19 Å². The van der Waals surface area contributed by atoms with Crippen LogP contribution in [0.2, 0.25) is 0 Å². The van der Waals surface area contributed by atoms with Crippen molar-refractivity contribution in [3.63, 3.8) is 0 Å². The molecule has 0 aromatic heterocycles. The zero-order valence-electron chi connectivity index (χ0n) is 9.25. The van der Waals surface area contributed by atoms with E-state index in [0.717, 1.165) is 9.52 Å². The maximum atomic E-state index is 2.39. The number of rotatable bonds is 4. The van der Waals surface area contributed by atoms with Crippen LogP contribution in [0.15, 0.2) is 41.6 Å². The third kappa shape index (κ3) is 3.92. The lowest BCUT2D eigenvalue weighted by atomic mass is 10.1. The van der Waals surface area contributed by atoms with E-state index in [1.165, 1.54) is 16.8 Å². The van der Waals surface area contributed by atoms with Crippen LogP contribution in [0, 0.1) is 5.92 Å². The van der Waals surface area contributed by atoms with Crippen LogP contribution in [-0.2, 0) is 0 Å². The number of allylic oxidation sites excluding steroid dienone is 2. The molecule has 0 aliphatic heterocycles. The highest BCUT2D eigenvalue weighted by Gasteiger charge is 1.98. The van der Waals surface area contributed by atoms with E-state index in [1.807, 2.05) is 0 Å². The molecule has 0 aliphatic carbocycles. The van der Waals surface area contributed by atoms with E-state index in [9.17, 15) is 0 Å². The topological polar surface area (TPSA) is 0 Å². The number of benzene rings is 1. The smallest absolute Gasteiger partial charge is 0.0867 e. The van der Waals surface area contributed by atoms with Gasteiger partial charge in [-0.15, -0.1) is 0 Å². The molecule has 2 radical (unpaired) electrons. The van der Waals surface area contributed by atoms with Gasteiger partial charge in [-0.2, -0.15) is 0 Å². The molecule has 74 valence electrons. The number of hydrogen-bond donors (Lipinski definition) is 0. The molecule has 0 amide bonds. The largest absolute Gasteiger partial charge is 0.115 e. The van der Waals surface area contributed by atoms with Crippen LogP contribution in [0.4, 0.5) is 0 Å². The molecule has 0 heterocycles. The monoisotopic (exact) mass is 202 g/mol. The van der Waals surface area contributed by atoms with Crippen molar-refractivity contribution in [2.24, 2.45) is 5.92 Å². The van der Waals surface area contributed by atoms with Gasteiger partial charge < -0.3 is 0 Å². The van der Waals surface area contributed by atoms with E-state index >= 15 is 0 Å². The molecule has 0 fully saturated rings. The summed E-state index contributed by atoms with van der Waals surface area (Å²) < 4.78 is 0. The average molecular weight is 202 g/mol. The first kappa shape index (κ1) is 11.3. The molecule has 1 rings (SSSR count). The van der Waals surface area contributed by atoms with Gasteiger partial charge in [-0.05, 0) is 12.8 Å². The van der Waals surface area contributed by atoms with Crippen molar-refractivity contribution in [3.8, 4) is 0 Å². The molecule has 0 spiro atoms. The Hall–Kier alpha value is -0.823. The predicted molar refractivity (Wildman–Crippen MR) is 65.0 cm³/mol. The highest BCUT2D eigenvalue weighted by molar-refractivity contribution is 6.60. The molecule has 0 nitrogen and oxygen atoms in total. The van der Waals surface area contributed by atoms with Gasteiger partial charge in [0.25, 0.3) is 0 Å². The van der Waals surface area contributed by atoms with Crippen molar-refractivity contribution < 1.29 is 0 Å². The van der Waals surface area contributed by atoms with E-state index in [4.69, 9.17) is 0 Å². The zero-order chi connectivity index (χ0) is 10.4. The predicted octanol–water partition coefficient (Wildman–Crippen LogP) is 2.97. The third-order valence-corrected chi connectivity index (χ3v) is 3.48. The molecule has 0 bridgehead atoms. The van der Waals surface area contributed by atoms with Gasteiger partial charge in [0.1, 0.15) is 9.52 Å². The molecule has 1 atom stereocenters. The second-order valence-corrected chi connectivity index (χ2v) is 5.34. The molecule has 1 heteroatoms. The normalized spacial score (nSPS) is 14.1. The summed E-state index contributed by atoms with van der Waals surface area (Å²) in [5.41, 5.74) is 0. The lowest BCUT2D eigenvalue weighted by Crippen LogP contribution is -2.14. The first-order valence-corrected chi connectivity index (χ1v) is 6.23. The Labute approximate surface area is 89.9 Å². The fourth-order valence-electron chi connectivity index (χ4n) is 1.34. The average Bonchev–Trinajstić information content (AvgIpc) is 2.19. The Morgan fingerprint density at radius 1 is 1.36 bits per heavy atom. The molecule has 14 heavy (non-hydrogen) atoms. The van der Waals surface area contributed by atoms with E-state index in [2.05, 4.69) is 57.2 Å². The van der Waals surface area contributed by atoms with Crippen molar-refractivity contribution in [2.45, 2.75) is 27.2 Å². The second-order valence-electron chi connectivity index (χ2n) is 3.73. The molecule has 1 aromatic rings. The van der Waals surface area contributed by atoms with Crippen molar-refractivity contribution in [1.82, 2.24) is 0 Å². The summed E-state index contributed by atoms with van der Waals surface area (Å²) >= 11 is 0. The van der Waals surface area contributed by atoms with Crippen molar-refractivity contribution in [2.75, 3.05) is 0 Å². The zero-order valence-corrected chi connectivity index (χ0v) is 10.2. The summed E-state index contributed by atoms with van der Waals surface area (Å²) in [6.07, 6.45) is 3.63. The van der Waals surface area contributed by atoms with Gasteiger partial charge in [-0.3, -0.25) is 0 Å². The van der Waals surface area contributed by atoms with E-state index < -0.39 is 0 Å². The molecular formula is C13H18Si. The fourth-order valence-corrected chi connectivity index (χ4v) is 2.52. The highest BCUT2D eigenvalue weighted by Crippen LogP contribution is 2.05.